The molecule has 2 fully saturated rings. The molecule has 1 spiro atoms. The van der Waals surface area contributed by atoms with E-state index in [1.165, 1.54) is 12.1 Å². The Balaban J connectivity index is 1.92. The highest BCUT2D eigenvalue weighted by atomic mass is 32.2. The van der Waals surface area contributed by atoms with Crippen molar-refractivity contribution in [2.75, 3.05) is 12.8 Å². The Kier molecular flexibility index (Phi) is 3.69. The molecule has 1 heterocycles. The molecule has 0 radical (unpaired) electrons. The zero-order valence-electron chi connectivity index (χ0n) is 12.0. The summed E-state index contributed by atoms with van der Waals surface area (Å²) in [5, 5.41) is 3.51. The predicted octanol–water partition coefficient (Wildman–Crippen LogP) is 2.68. The van der Waals surface area contributed by atoms with Crippen LogP contribution in [0.5, 0.6) is 0 Å². The Morgan fingerprint density at radius 3 is 2.76 bits per heavy atom. The van der Waals surface area contributed by atoms with Gasteiger partial charge in [-0.2, -0.15) is 11.8 Å². The van der Waals surface area contributed by atoms with Gasteiger partial charge < -0.3 is 4.90 Å². The average molecular weight is 312 g/mol. The number of nitrogens with zero attached hydrogens (tertiary/aromatic N) is 1. The van der Waals surface area contributed by atoms with Gasteiger partial charge in [-0.1, -0.05) is 6.92 Å². The lowest BCUT2D eigenvalue weighted by atomic mass is 10.1. The molecule has 1 saturated heterocycles. The molecule has 2 unspecified atom stereocenters. The Hall–Kier alpha value is -1.14. The first kappa shape index (κ1) is 14.8. The molecule has 0 bridgehead atoms. The first-order valence-electron chi connectivity index (χ1n) is 7.03. The van der Waals surface area contributed by atoms with Crippen LogP contribution in [0.15, 0.2) is 18.2 Å². The molecule has 1 aliphatic heterocycles. The number of thioether (sulfide) groups is 1. The molecule has 2 atom stereocenters. The highest BCUT2D eigenvalue weighted by Crippen LogP contribution is 2.46. The lowest BCUT2D eigenvalue weighted by Crippen LogP contribution is -2.36. The van der Waals surface area contributed by atoms with E-state index in [0.717, 1.165) is 18.9 Å². The summed E-state index contributed by atoms with van der Waals surface area (Å²) in [7, 11) is 0. The van der Waals surface area contributed by atoms with Crippen LogP contribution in [-0.2, 0) is 4.79 Å². The van der Waals surface area contributed by atoms with E-state index in [-0.39, 0.29) is 11.2 Å². The number of hydrogen-bond donors (Lipinski definition) is 1. The van der Waals surface area contributed by atoms with E-state index in [2.05, 4.69) is 5.32 Å². The molecular weight excluding hydrogens is 294 g/mol. The normalized spacial score (nSPS) is 24.7. The molecule has 1 saturated carbocycles. The van der Waals surface area contributed by atoms with Gasteiger partial charge in [0.1, 0.15) is 23.3 Å². The number of carbonyl (C=O) groups excluding carboxylic acids is 1. The Labute approximate surface area is 127 Å². The van der Waals surface area contributed by atoms with E-state index in [1.54, 1.807) is 16.7 Å². The number of nitrogens with one attached hydrogen (secondary N) is 1. The molecule has 3 rings (SSSR count). The van der Waals surface area contributed by atoms with E-state index in [4.69, 9.17) is 0 Å². The number of amides is 1. The highest BCUT2D eigenvalue weighted by molar-refractivity contribution is 7.99. The van der Waals surface area contributed by atoms with E-state index in [0.29, 0.717) is 12.1 Å². The SMILES string of the molecule is CSC(C)CN1C(=O)C2(CC2)NC1c1ccc(F)cc1F. The van der Waals surface area contributed by atoms with Gasteiger partial charge >= 0.3 is 0 Å². The van der Waals surface area contributed by atoms with Crippen LogP contribution in [-0.4, -0.2) is 34.4 Å². The number of rotatable bonds is 4. The molecule has 1 aliphatic carbocycles. The van der Waals surface area contributed by atoms with Crippen molar-refractivity contribution in [3.8, 4) is 0 Å². The molecule has 21 heavy (non-hydrogen) atoms. The second kappa shape index (κ2) is 5.25. The lowest BCUT2D eigenvalue weighted by molar-refractivity contribution is -0.130. The van der Waals surface area contributed by atoms with Gasteiger partial charge in [0.2, 0.25) is 5.91 Å². The molecule has 3 nitrogen and oxygen atoms in total. The molecule has 6 heteroatoms. The summed E-state index contributed by atoms with van der Waals surface area (Å²) >= 11 is 1.66. The van der Waals surface area contributed by atoms with Crippen molar-refractivity contribution >= 4 is 17.7 Å². The van der Waals surface area contributed by atoms with Gasteiger partial charge in [0.05, 0.1) is 0 Å². The zero-order valence-corrected chi connectivity index (χ0v) is 12.8. The van der Waals surface area contributed by atoms with Crippen molar-refractivity contribution in [2.45, 2.75) is 36.7 Å². The van der Waals surface area contributed by atoms with Crippen molar-refractivity contribution in [1.82, 2.24) is 10.2 Å². The van der Waals surface area contributed by atoms with Crippen LogP contribution in [0.1, 0.15) is 31.5 Å². The topological polar surface area (TPSA) is 32.3 Å². The van der Waals surface area contributed by atoms with Gasteiger partial charge in [-0.05, 0) is 31.2 Å². The van der Waals surface area contributed by atoms with Crippen LogP contribution in [0.4, 0.5) is 8.78 Å². The van der Waals surface area contributed by atoms with Gasteiger partial charge in [-0.3, -0.25) is 10.1 Å². The van der Waals surface area contributed by atoms with Crippen molar-refractivity contribution in [2.24, 2.45) is 0 Å². The number of hydrogen-bond acceptors (Lipinski definition) is 3. The summed E-state index contributed by atoms with van der Waals surface area (Å²) in [6.07, 6.45) is 3.05. The Morgan fingerprint density at radius 2 is 2.19 bits per heavy atom. The van der Waals surface area contributed by atoms with Crippen molar-refractivity contribution < 1.29 is 13.6 Å². The minimum absolute atomic E-state index is 0.0390. The monoisotopic (exact) mass is 312 g/mol. The summed E-state index contributed by atoms with van der Waals surface area (Å²) in [5.74, 6) is -1.18. The fourth-order valence-corrected chi connectivity index (χ4v) is 3.10. The molecule has 114 valence electrons. The second-order valence-corrected chi connectivity index (χ2v) is 7.07. The maximum Gasteiger partial charge on any atom is 0.244 e. The number of benzene rings is 1. The van der Waals surface area contributed by atoms with Crippen molar-refractivity contribution in [3.63, 3.8) is 0 Å². The fourth-order valence-electron chi connectivity index (χ4n) is 2.79. The smallest absolute Gasteiger partial charge is 0.244 e. The molecule has 1 aromatic carbocycles. The maximum absolute atomic E-state index is 14.1. The molecule has 1 aromatic rings. The summed E-state index contributed by atoms with van der Waals surface area (Å²) < 4.78 is 27.2. The van der Waals surface area contributed by atoms with Crippen molar-refractivity contribution in [1.29, 1.82) is 0 Å². The molecule has 1 amide bonds. The Bertz CT molecular complexity index is 577. The minimum Gasteiger partial charge on any atom is -0.320 e. The zero-order chi connectivity index (χ0) is 15.2. The summed E-state index contributed by atoms with van der Waals surface area (Å²) in [5.41, 5.74) is -0.175. The largest absolute Gasteiger partial charge is 0.320 e. The molecule has 2 aliphatic rings. The van der Waals surface area contributed by atoms with E-state index >= 15 is 0 Å². The van der Waals surface area contributed by atoms with Crippen LogP contribution in [0.2, 0.25) is 0 Å². The third kappa shape index (κ3) is 2.55. The average Bonchev–Trinajstić information content (AvgIpc) is 3.18. The quantitative estimate of drug-likeness (QED) is 0.928. The summed E-state index contributed by atoms with van der Waals surface area (Å²) in [4.78, 5) is 14.3. The maximum atomic E-state index is 14.1. The van der Waals surface area contributed by atoms with Crippen molar-refractivity contribution in [3.05, 3.63) is 35.4 Å². The summed E-state index contributed by atoms with van der Waals surface area (Å²) in [6.45, 7) is 2.59. The Morgan fingerprint density at radius 1 is 1.48 bits per heavy atom. The molecule has 0 aromatic heterocycles. The first-order valence-corrected chi connectivity index (χ1v) is 8.32. The fraction of sp³-hybridized carbons (Fsp3) is 0.533. The highest BCUT2D eigenvalue weighted by Gasteiger charge is 2.59. The van der Waals surface area contributed by atoms with E-state index in [1.807, 2.05) is 13.2 Å². The lowest BCUT2D eigenvalue weighted by Gasteiger charge is -2.27. The van der Waals surface area contributed by atoms with E-state index < -0.39 is 23.3 Å². The standard InChI is InChI=1S/C15H18F2N2OS/c1-9(21-2)8-19-13(18-15(5-6-15)14(19)20)11-4-3-10(16)7-12(11)17/h3-4,7,9,13,18H,5-6,8H2,1-2H3. The predicted molar refractivity (Wildman–Crippen MR) is 78.9 cm³/mol. The third-order valence-electron chi connectivity index (χ3n) is 4.26. The molecular formula is C15H18F2N2OS. The van der Waals surface area contributed by atoms with Crippen LogP contribution in [0.3, 0.4) is 0 Å². The number of halogens is 2. The number of carbonyl (C=O) groups is 1. The van der Waals surface area contributed by atoms with E-state index in [9.17, 15) is 13.6 Å². The van der Waals surface area contributed by atoms with Gasteiger partial charge in [0, 0.05) is 23.4 Å². The van der Waals surface area contributed by atoms with Crippen LogP contribution in [0, 0.1) is 11.6 Å². The molecule has 1 N–H and O–H groups in total. The second-order valence-electron chi connectivity index (χ2n) is 5.80. The third-order valence-corrected chi connectivity index (χ3v) is 5.21. The van der Waals surface area contributed by atoms with Crippen LogP contribution >= 0.6 is 11.8 Å². The van der Waals surface area contributed by atoms with Gasteiger partial charge in [0.25, 0.3) is 0 Å². The van der Waals surface area contributed by atoms with Crippen LogP contribution < -0.4 is 5.32 Å². The first-order chi connectivity index (χ1) is 9.97. The minimum atomic E-state index is -0.611. The van der Waals surface area contributed by atoms with Gasteiger partial charge in [-0.25, -0.2) is 8.78 Å². The van der Waals surface area contributed by atoms with Gasteiger partial charge in [0.15, 0.2) is 0 Å². The summed E-state index contributed by atoms with van der Waals surface area (Å²) in [6, 6.07) is 3.53. The van der Waals surface area contributed by atoms with Gasteiger partial charge in [-0.15, -0.1) is 0 Å². The van der Waals surface area contributed by atoms with Crippen LogP contribution in [0.25, 0.3) is 0 Å².